The first-order valence-electron chi connectivity index (χ1n) is 6.64. The Labute approximate surface area is 122 Å². The molecule has 0 amide bonds. The van der Waals surface area contributed by atoms with E-state index in [0.717, 1.165) is 5.39 Å². The molecule has 0 aliphatic heterocycles. The summed E-state index contributed by atoms with van der Waals surface area (Å²) >= 11 is 0. The van der Waals surface area contributed by atoms with Gasteiger partial charge in [-0.05, 0) is 23.9 Å². The van der Waals surface area contributed by atoms with Crippen molar-refractivity contribution in [3.8, 4) is 5.75 Å². The summed E-state index contributed by atoms with van der Waals surface area (Å²) in [5.74, 6) is -0.446. The van der Waals surface area contributed by atoms with Crippen molar-refractivity contribution < 1.29 is 23.8 Å². The Kier molecular flexibility index (Phi) is 4.75. The van der Waals surface area contributed by atoms with E-state index in [0.29, 0.717) is 16.7 Å². The molecule has 0 fully saturated rings. The molecule has 0 bridgehead atoms. The lowest BCUT2D eigenvalue weighted by atomic mass is 9.97. The van der Waals surface area contributed by atoms with Crippen LogP contribution < -0.4 is 4.74 Å². The third-order valence-corrected chi connectivity index (χ3v) is 3.25. The number of carbonyl (C=O) groups excluding carboxylic acids is 1. The lowest BCUT2D eigenvalue weighted by Crippen LogP contribution is -2.26. The molecule has 0 aliphatic carbocycles. The van der Waals surface area contributed by atoms with Gasteiger partial charge in [-0.25, -0.2) is 9.18 Å². The molecule has 5 heteroatoms. The molecule has 0 heterocycles. The lowest BCUT2D eigenvalue weighted by molar-refractivity contribution is -0.153. The predicted octanol–water partition coefficient (Wildman–Crippen LogP) is 2.78. The van der Waals surface area contributed by atoms with Crippen molar-refractivity contribution in [3.63, 3.8) is 0 Å². The second kappa shape index (κ2) is 6.54. The molecule has 2 atom stereocenters. The predicted molar refractivity (Wildman–Crippen MR) is 77.0 cm³/mol. The van der Waals surface area contributed by atoms with Crippen LogP contribution in [0, 0.1) is 0 Å². The van der Waals surface area contributed by atoms with Crippen molar-refractivity contribution in [2.75, 3.05) is 13.7 Å². The fraction of sp³-hybridized carbons (Fsp3) is 0.312. The minimum absolute atomic E-state index is 0.0648. The van der Waals surface area contributed by atoms with Gasteiger partial charge in [0.2, 0.25) is 6.17 Å². The zero-order valence-corrected chi connectivity index (χ0v) is 11.9. The summed E-state index contributed by atoms with van der Waals surface area (Å²) in [5, 5.41) is 11.5. The topological polar surface area (TPSA) is 55.8 Å². The molecule has 0 aromatic heterocycles. The zero-order chi connectivity index (χ0) is 15.4. The van der Waals surface area contributed by atoms with E-state index in [1.165, 1.54) is 7.11 Å². The number of fused-ring (bicyclic) bond motifs is 1. The van der Waals surface area contributed by atoms with Crippen LogP contribution in [0.2, 0.25) is 0 Å². The normalized spacial score (nSPS) is 13.7. The Morgan fingerprint density at radius 3 is 2.52 bits per heavy atom. The number of hydrogen-bond donors (Lipinski definition) is 1. The van der Waals surface area contributed by atoms with Crippen LogP contribution in [0.3, 0.4) is 0 Å². The first kappa shape index (κ1) is 15.3. The summed E-state index contributed by atoms with van der Waals surface area (Å²) < 4.78 is 23.9. The summed E-state index contributed by atoms with van der Waals surface area (Å²) in [6, 6.07) is 10.3. The van der Waals surface area contributed by atoms with Crippen molar-refractivity contribution in [3.05, 3.63) is 42.0 Å². The number of alkyl halides is 1. The Bertz CT molecular complexity index is 641. The van der Waals surface area contributed by atoms with Crippen LogP contribution in [0.5, 0.6) is 5.75 Å². The number of hydrogen-bond acceptors (Lipinski definition) is 4. The first-order chi connectivity index (χ1) is 10.1. The summed E-state index contributed by atoms with van der Waals surface area (Å²) in [7, 11) is 1.54. The molecular weight excluding hydrogens is 275 g/mol. The second-order valence-electron chi connectivity index (χ2n) is 4.50. The van der Waals surface area contributed by atoms with E-state index in [-0.39, 0.29) is 6.61 Å². The average molecular weight is 292 g/mol. The van der Waals surface area contributed by atoms with Crippen LogP contribution in [-0.2, 0) is 9.53 Å². The third-order valence-electron chi connectivity index (χ3n) is 3.25. The Morgan fingerprint density at radius 2 is 1.90 bits per heavy atom. The van der Waals surface area contributed by atoms with Gasteiger partial charge in [-0.2, -0.15) is 0 Å². The Morgan fingerprint density at radius 1 is 1.24 bits per heavy atom. The highest BCUT2D eigenvalue weighted by molar-refractivity contribution is 5.92. The molecule has 2 unspecified atom stereocenters. The fourth-order valence-corrected chi connectivity index (χ4v) is 2.24. The van der Waals surface area contributed by atoms with Gasteiger partial charge < -0.3 is 14.6 Å². The summed E-state index contributed by atoms with van der Waals surface area (Å²) in [5.41, 5.74) is 0.326. The highest BCUT2D eigenvalue weighted by atomic mass is 19.1. The molecule has 2 aromatic carbocycles. The van der Waals surface area contributed by atoms with Crippen LogP contribution in [0.1, 0.15) is 18.6 Å². The van der Waals surface area contributed by atoms with Crippen molar-refractivity contribution in [2.45, 2.75) is 19.2 Å². The molecule has 0 radical (unpaired) electrons. The number of carbonyl (C=O) groups is 1. The molecule has 0 aliphatic rings. The van der Waals surface area contributed by atoms with E-state index in [1.807, 2.05) is 12.1 Å². The van der Waals surface area contributed by atoms with Gasteiger partial charge in [0.05, 0.1) is 13.7 Å². The van der Waals surface area contributed by atoms with Gasteiger partial charge in [-0.1, -0.05) is 30.3 Å². The number of methoxy groups -OCH3 is 1. The van der Waals surface area contributed by atoms with Gasteiger partial charge in [0.1, 0.15) is 11.9 Å². The average Bonchev–Trinajstić information content (AvgIpc) is 2.52. The Balaban J connectivity index is 2.44. The summed E-state index contributed by atoms with van der Waals surface area (Å²) in [6.45, 7) is 1.65. The third kappa shape index (κ3) is 2.97. The van der Waals surface area contributed by atoms with Crippen LogP contribution in [0.15, 0.2) is 36.4 Å². The van der Waals surface area contributed by atoms with E-state index < -0.39 is 18.2 Å². The van der Waals surface area contributed by atoms with Crippen molar-refractivity contribution >= 4 is 16.7 Å². The number of esters is 1. The number of ether oxygens (including phenoxy) is 2. The number of aliphatic hydroxyl groups excluding tert-OH is 1. The van der Waals surface area contributed by atoms with Gasteiger partial charge in [0, 0.05) is 5.39 Å². The molecule has 21 heavy (non-hydrogen) atoms. The highest BCUT2D eigenvalue weighted by Gasteiger charge is 2.30. The minimum Gasteiger partial charge on any atom is -0.496 e. The quantitative estimate of drug-likeness (QED) is 0.861. The zero-order valence-electron chi connectivity index (χ0n) is 11.9. The second-order valence-corrected chi connectivity index (χ2v) is 4.50. The van der Waals surface area contributed by atoms with Crippen LogP contribution >= 0.6 is 0 Å². The largest absolute Gasteiger partial charge is 0.496 e. The molecule has 112 valence electrons. The van der Waals surface area contributed by atoms with Gasteiger partial charge in [-0.3, -0.25) is 0 Å². The van der Waals surface area contributed by atoms with Gasteiger partial charge in [0.15, 0.2) is 0 Å². The van der Waals surface area contributed by atoms with Crippen molar-refractivity contribution in [2.24, 2.45) is 0 Å². The van der Waals surface area contributed by atoms with E-state index in [2.05, 4.69) is 4.74 Å². The smallest absolute Gasteiger partial charge is 0.343 e. The molecule has 2 aromatic rings. The molecule has 0 spiro atoms. The monoisotopic (exact) mass is 292 g/mol. The maximum Gasteiger partial charge on any atom is 0.343 e. The number of rotatable bonds is 5. The SMILES string of the molecule is CCOC(=O)C(F)C(O)c1ccc(OC)c2ccccc12. The van der Waals surface area contributed by atoms with E-state index in [9.17, 15) is 14.3 Å². The fourth-order valence-electron chi connectivity index (χ4n) is 2.24. The number of benzene rings is 2. The molecule has 2 rings (SSSR count). The minimum atomic E-state index is -2.12. The van der Waals surface area contributed by atoms with Crippen LogP contribution in [0.4, 0.5) is 4.39 Å². The maximum absolute atomic E-state index is 14.0. The van der Waals surface area contributed by atoms with Crippen LogP contribution in [0.25, 0.3) is 10.8 Å². The summed E-state index contributed by atoms with van der Waals surface area (Å²) in [6.07, 6.45) is -3.71. The molecule has 0 saturated carbocycles. The standard InChI is InChI=1S/C16H17FO4/c1-3-21-16(19)14(17)15(18)12-8-9-13(20-2)11-7-5-4-6-10(11)12/h4-9,14-15,18H,3H2,1-2H3. The van der Waals surface area contributed by atoms with Crippen LogP contribution in [-0.4, -0.2) is 31.0 Å². The van der Waals surface area contributed by atoms with E-state index in [1.54, 1.807) is 31.2 Å². The highest BCUT2D eigenvalue weighted by Crippen LogP contribution is 2.33. The van der Waals surface area contributed by atoms with Gasteiger partial charge in [0.25, 0.3) is 0 Å². The number of halogens is 1. The Hall–Kier alpha value is -2.14. The molecule has 1 N–H and O–H groups in total. The lowest BCUT2D eigenvalue weighted by Gasteiger charge is -2.18. The summed E-state index contributed by atoms with van der Waals surface area (Å²) in [4.78, 5) is 11.4. The van der Waals surface area contributed by atoms with Crippen molar-refractivity contribution in [1.82, 2.24) is 0 Å². The molecular formula is C16H17FO4. The molecule has 4 nitrogen and oxygen atoms in total. The van der Waals surface area contributed by atoms with Gasteiger partial charge in [-0.15, -0.1) is 0 Å². The maximum atomic E-state index is 14.0. The van der Waals surface area contributed by atoms with E-state index in [4.69, 9.17) is 4.74 Å². The first-order valence-corrected chi connectivity index (χ1v) is 6.64. The molecule has 0 saturated heterocycles. The van der Waals surface area contributed by atoms with E-state index >= 15 is 0 Å². The van der Waals surface area contributed by atoms with Crippen molar-refractivity contribution in [1.29, 1.82) is 0 Å². The van der Waals surface area contributed by atoms with Gasteiger partial charge >= 0.3 is 5.97 Å². The number of aliphatic hydroxyl groups is 1.